The fourth-order valence-corrected chi connectivity index (χ4v) is 1.23. The summed E-state index contributed by atoms with van der Waals surface area (Å²) in [5, 5.41) is 9.47. The predicted molar refractivity (Wildman–Crippen MR) is 49.1 cm³/mol. The molecule has 0 aromatic heterocycles. The molecule has 0 aliphatic heterocycles. The molecule has 0 radical (unpaired) electrons. The van der Waals surface area contributed by atoms with Gasteiger partial charge in [-0.05, 0) is 6.07 Å². The van der Waals surface area contributed by atoms with E-state index < -0.39 is 4.84 Å². The standard InChI is InChI=1S/C8H8Cl2O2/c1-12-6-4-2-3-5(7(6)11)8(9)10/h2-4,8,11H,1H3. The highest BCUT2D eigenvalue weighted by atomic mass is 35.5. The number of ether oxygens (including phenoxy) is 1. The van der Waals surface area contributed by atoms with Crippen molar-refractivity contribution in [1.82, 2.24) is 0 Å². The van der Waals surface area contributed by atoms with Crippen LogP contribution in [0.3, 0.4) is 0 Å². The molecule has 0 fully saturated rings. The van der Waals surface area contributed by atoms with E-state index in [4.69, 9.17) is 27.9 Å². The number of phenols is 1. The normalized spacial score (nSPS) is 10.3. The maximum absolute atomic E-state index is 9.47. The molecule has 0 aliphatic rings. The lowest BCUT2D eigenvalue weighted by molar-refractivity contribution is 0.371. The first kappa shape index (κ1) is 9.49. The van der Waals surface area contributed by atoms with Crippen LogP contribution in [0.1, 0.15) is 10.4 Å². The molecule has 66 valence electrons. The van der Waals surface area contributed by atoms with Gasteiger partial charge in [0.25, 0.3) is 0 Å². The van der Waals surface area contributed by atoms with Crippen LogP contribution in [0.15, 0.2) is 18.2 Å². The van der Waals surface area contributed by atoms with Gasteiger partial charge in [-0.2, -0.15) is 0 Å². The van der Waals surface area contributed by atoms with Gasteiger partial charge in [-0.1, -0.05) is 35.3 Å². The molecule has 0 saturated carbocycles. The molecule has 4 heteroatoms. The molecule has 0 heterocycles. The van der Waals surface area contributed by atoms with Gasteiger partial charge >= 0.3 is 0 Å². The molecule has 0 saturated heterocycles. The Labute approximate surface area is 80.7 Å². The molecule has 1 aromatic carbocycles. The van der Waals surface area contributed by atoms with Crippen molar-refractivity contribution in [3.63, 3.8) is 0 Å². The summed E-state index contributed by atoms with van der Waals surface area (Å²) in [5.74, 6) is 0.369. The summed E-state index contributed by atoms with van der Waals surface area (Å²) >= 11 is 11.2. The monoisotopic (exact) mass is 206 g/mol. The van der Waals surface area contributed by atoms with Crippen molar-refractivity contribution in [3.8, 4) is 11.5 Å². The Morgan fingerprint density at radius 1 is 1.42 bits per heavy atom. The van der Waals surface area contributed by atoms with Crippen LogP contribution in [0.25, 0.3) is 0 Å². The summed E-state index contributed by atoms with van der Waals surface area (Å²) < 4.78 is 4.87. The molecule has 1 aromatic rings. The Morgan fingerprint density at radius 3 is 2.58 bits per heavy atom. The summed E-state index contributed by atoms with van der Waals surface area (Å²) in [6, 6.07) is 4.99. The molecule has 0 bridgehead atoms. The van der Waals surface area contributed by atoms with E-state index in [1.165, 1.54) is 7.11 Å². The minimum Gasteiger partial charge on any atom is -0.504 e. The SMILES string of the molecule is COc1cccc(C(Cl)Cl)c1O. The van der Waals surface area contributed by atoms with Crippen LogP contribution in [0, 0.1) is 0 Å². The summed E-state index contributed by atoms with van der Waals surface area (Å²) in [6.45, 7) is 0. The van der Waals surface area contributed by atoms with Crippen molar-refractivity contribution in [1.29, 1.82) is 0 Å². The van der Waals surface area contributed by atoms with Crippen molar-refractivity contribution in [2.75, 3.05) is 7.11 Å². The van der Waals surface area contributed by atoms with Gasteiger partial charge in [0.2, 0.25) is 0 Å². The number of alkyl halides is 2. The van der Waals surface area contributed by atoms with Crippen molar-refractivity contribution >= 4 is 23.2 Å². The van der Waals surface area contributed by atoms with Crippen molar-refractivity contribution in [2.24, 2.45) is 0 Å². The van der Waals surface area contributed by atoms with E-state index in [1.807, 2.05) is 0 Å². The van der Waals surface area contributed by atoms with Crippen LogP contribution < -0.4 is 4.74 Å². The van der Waals surface area contributed by atoms with Crippen molar-refractivity contribution < 1.29 is 9.84 Å². The second kappa shape index (κ2) is 3.87. The summed E-state index contributed by atoms with van der Waals surface area (Å²) in [5.41, 5.74) is 0.456. The quantitative estimate of drug-likeness (QED) is 0.755. The number of hydrogen-bond acceptors (Lipinski definition) is 2. The lowest BCUT2D eigenvalue weighted by atomic mass is 10.2. The number of phenolic OH excluding ortho intramolecular Hbond substituents is 1. The van der Waals surface area contributed by atoms with E-state index in [9.17, 15) is 5.11 Å². The lowest BCUT2D eigenvalue weighted by Crippen LogP contribution is -1.88. The number of benzene rings is 1. The highest BCUT2D eigenvalue weighted by Gasteiger charge is 2.12. The van der Waals surface area contributed by atoms with E-state index >= 15 is 0 Å². The number of para-hydroxylation sites is 1. The second-order valence-electron chi connectivity index (χ2n) is 2.20. The first-order valence-corrected chi connectivity index (χ1v) is 4.18. The average molecular weight is 207 g/mol. The average Bonchev–Trinajstić information content (AvgIpc) is 2.04. The van der Waals surface area contributed by atoms with E-state index in [2.05, 4.69) is 0 Å². The molecule has 0 spiro atoms. The van der Waals surface area contributed by atoms with Crippen LogP contribution >= 0.6 is 23.2 Å². The number of methoxy groups -OCH3 is 1. The van der Waals surface area contributed by atoms with E-state index in [0.29, 0.717) is 11.3 Å². The van der Waals surface area contributed by atoms with Crippen molar-refractivity contribution in [2.45, 2.75) is 4.84 Å². The lowest BCUT2D eigenvalue weighted by Gasteiger charge is -2.08. The zero-order valence-electron chi connectivity index (χ0n) is 6.42. The minimum absolute atomic E-state index is 0.00463. The molecule has 0 aliphatic carbocycles. The van der Waals surface area contributed by atoms with Gasteiger partial charge in [-0.15, -0.1) is 0 Å². The zero-order valence-corrected chi connectivity index (χ0v) is 7.93. The minimum atomic E-state index is -0.736. The molecule has 1 rings (SSSR count). The highest BCUT2D eigenvalue weighted by molar-refractivity contribution is 6.44. The van der Waals surface area contributed by atoms with E-state index in [-0.39, 0.29) is 5.75 Å². The summed E-state index contributed by atoms with van der Waals surface area (Å²) in [7, 11) is 1.47. The fraction of sp³-hybridized carbons (Fsp3) is 0.250. The highest BCUT2D eigenvalue weighted by Crippen LogP contribution is 2.37. The molecule has 0 unspecified atom stereocenters. The van der Waals surface area contributed by atoms with Gasteiger partial charge in [0.15, 0.2) is 11.5 Å². The van der Waals surface area contributed by atoms with Crippen LogP contribution in [0.5, 0.6) is 11.5 Å². The number of aromatic hydroxyl groups is 1. The first-order chi connectivity index (χ1) is 5.66. The summed E-state index contributed by atoms with van der Waals surface area (Å²) in [6.07, 6.45) is 0. The van der Waals surface area contributed by atoms with E-state index in [0.717, 1.165) is 0 Å². The molecular weight excluding hydrogens is 199 g/mol. The molecular formula is C8H8Cl2O2. The molecule has 2 nitrogen and oxygen atoms in total. The third-order valence-corrected chi connectivity index (χ3v) is 1.96. The van der Waals surface area contributed by atoms with Crippen molar-refractivity contribution in [3.05, 3.63) is 23.8 Å². The molecule has 1 N–H and O–H groups in total. The number of halogens is 2. The molecule has 12 heavy (non-hydrogen) atoms. The fourth-order valence-electron chi connectivity index (χ4n) is 0.880. The third kappa shape index (κ3) is 1.76. The maximum Gasteiger partial charge on any atom is 0.163 e. The van der Waals surface area contributed by atoms with Gasteiger partial charge in [0.1, 0.15) is 4.84 Å². The topological polar surface area (TPSA) is 29.5 Å². The van der Waals surface area contributed by atoms with E-state index in [1.54, 1.807) is 18.2 Å². The molecule has 0 amide bonds. The Balaban J connectivity index is 3.14. The largest absolute Gasteiger partial charge is 0.504 e. The van der Waals surface area contributed by atoms with Crippen LogP contribution in [0.4, 0.5) is 0 Å². The van der Waals surface area contributed by atoms with Crippen LogP contribution in [-0.4, -0.2) is 12.2 Å². The third-order valence-electron chi connectivity index (χ3n) is 1.49. The Hall–Kier alpha value is -0.600. The Bertz CT molecular complexity index is 274. The van der Waals surface area contributed by atoms with Crippen LogP contribution in [-0.2, 0) is 0 Å². The second-order valence-corrected chi connectivity index (χ2v) is 3.30. The maximum atomic E-state index is 9.47. The zero-order chi connectivity index (χ0) is 9.14. The number of rotatable bonds is 2. The van der Waals surface area contributed by atoms with Gasteiger partial charge in [-0.3, -0.25) is 0 Å². The van der Waals surface area contributed by atoms with Gasteiger partial charge in [0, 0.05) is 5.56 Å². The van der Waals surface area contributed by atoms with Gasteiger partial charge in [-0.25, -0.2) is 0 Å². The van der Waals surface area contributed by atoms with Gasteiger partial charge in [0.05, 0.1) is 7.11 Å². The number of hydrogen-bond donors (Lipinski definition) is 1. The summed E-state index contributed by atoms with van der Waals surface area (Å²) in [4.78, 5) is -0.736. The smallest absolute Gasteiger partial charge is 0.163 e. The Kier molecular flexibility index (Phi) is 3.06. The van der Waals surface area contributed by atoms with Gasteiger partial charge < -0.3 is 9.84 Å². The Morgan fingerprint density at radius 2 is 2.08 bits per heavy atom. The predicted octanol–water partition coefficient (Wildman–Crippen LogP) is 2.88. The van der Waals surface area contributed by atoms with Crippen LogP contribution in [0.2, 0.25) is 0 Å². The first-order valence-electron chi connectivity index (χ1n) is 3.31. The molecule has 0 atom stereocenters.